The number of aliphatic hydroxyl groups is 1. The summed E-state index contributed by atoms with van der Waals surface area (Å²) in [6.45, 7) is 9.36. The smallest absolute Gasteiger partial charge is 0.462 e. The van der Waals surface area contributed by atoms with E-state index in [0.29, 0.717) is 31.6 Å². The van der Waals surface area contributed by atoms with Crippen LogP contribution in [0.1, 0.15) is 311 Å². The molecule has 486 valence electrons. The Morgan fingerprint density at radius 3 is 0.927 bits per heavy atom. The summed E-state index contributed by atoms with van der Waals surface area (Å²) >= 11 is 0. The lowest BCUT2D eigenvalue weighted by molar-refractivity contribution is -0.161. The maximum Gasteiger partial charge on any atom is 0.472 e. The number of hydrogen-bond acceptors (Lipinski definition) is 15. The van der Waals surface area contributed by atoms with Crippen LogP contribution in [0.4, 0.5) is 0 Å². The van der Waals surface area contributed by atoms with E-state index in [4.69, 9.17) is 37.0 Å². The van der Waals surface area contributed by atoms with Crippen molar-refractivity contribution in [3.8, 4) is 0 Å². The van der Waals surface area contributed by atoms with E-state index in [0.717, 1.165) is 109 Å². The molecule has 0 heterocycles. The summed E-state index contributed by atoms with van der Waals surface area (Å²) in [6.07, 6.45) is 37.6. The van der Waals surface area contributed by atoms with E-state index in [1.54, 1.807) is 0 Å². The molecule has 3 N–H and O–H groups in total. The molecule has 82 heavy (non-hydrogen) atoms. The number of phosphoric acid groups is 2. The van der Waals surface area contributed by atoms with Gasteiger partial charge in [-0.25, -0.2) is 9.13 Å². The van der Waals surface area contributed by atoms with Gasteiger partial charge in [-0.2, -0.15) is 0 Å². The highest BCUT2D eigenvalue weighted by atomic mass is 31.2. The van der Waals surface area contributed by atoms with Crippen LogP contribution in [-0.4, -0.2) is 96.7 Å². The third kappa shape index (κ3) is 55.9. The van der Waals surface area contributed by atoms with E-state index >= 15 is 0 Å². The van der Waals surface area contributed by atoms with Gasteiger partial charge in [-0.1, -0.05) is 260 Å². The number of unbranched alkanes of at least 4 members (excludes halogenated alkanes) is 31. The molecule has 19 heteroatoms. The van der Waals surface area contributed by atoms with Crippen molar-refractivity contribution in [2.45, 2.75) is 330 Å². The van der Waals surface area contributed by atoms with Crippen LogP contribution in [0.15, 0.2) is 0 Å². The molecular weight excluding hydrogens is 1090 g/mol. The minimum absolute atomic E-state index is 0.105. The van der Waals surface area contributed by atoms with Crippen LogP contribution in [0.2, 0.25) is 0 Å². The average Bonchev–Trinajstić information content (AvgIpc) is 3.46. The maximum absolute atomic E-state index is 13.0. The van der Waals surface area contributed by atoms with E-state index < -0.39 is 97.5 Å². The predicted octanol–water partition coefficient (Wildman–Crippen LogP) is 17.3. The molecule has 0 fully saturated rings. The Labute approximate surface area is 498 Å². The second kappa shape index (κ2) is 55.6. The number of phosphoric ester groups is 2. The molecule has 6 atom stereocenters. The molecule has 0 bridgehead atoms. The second-order valence-electron chi connectivity index (χ2n) is 23.5. The standard InChI is InChI=1S/C63H122O17P2/c1-7-10-12-14-16-18-20-21-22-24-26-36-42-48-63(68)80-59(52-74-61(66)46-40-34-30-28-32-38-44-56(6)9-3)54-78-82(71,72)76-50-57(64)49-75-81(69,70)77-53-58(51-73-60(65)45-39-33-29-27-31-37-43-55(4)5)79-62(67)47-41-35-25-23-19-17-15-13-11-8-2/h55-59,64H,7-54H2,1-6H3,(H,69,70)(H,71,72)/t56?,57-,58+,59+/m0/s1. The zero-order valence-electron chi connectivity index (χ0n) is 52.8. The number of rotatable bonds is 62. The number of carbonyl (C=O) groups is 4. The fourth-order valence-electron chi connectivity index (χ4n) is 9.32. The third-order valence-electron chi connectivity index (χ3n) is 14.8. The van der Waals surface area contributed by atoms with E-state index in [9.17, 15) is 43.2 Å². The molecule has 0 saturated heterocycles. The Morgan fingerprint density at radius 1 is 0.354 bits per heavy atom. The van der Waals surface area contributed by atoms with Crippen LogP contribution in [0.3, 0.4) is 0 Å². The van der Waals surface area contributed by atoms with Crippen LogP contribution in [-0.2, 0) is 65.4 Å². The first-order valence-corrected chi connectivity index (χ1v) is 36.0. The summed E-state index contributed by atoms with van der Waals surface area (Å²) in [7, 11) is -9.88. The quantitative estimate of drug-likeness (QED) is 0.0222. The van der Waals surface area contributed by atoms with Crippen molar-refractivity contribution in [3.63, 3.8) is 0 Å². The fraction of sp³-hybridized carbons (Fsp3) is 0.937. The van der Waals surface area contributed by atoms with E-state index in [1.165, 1.54) is 116 Å². The SMILES string of the molecule is CCCCCCCCCCCCCCCC(=O)O[C@H](COC(=O)CCCCCCCCC(C)CC)COP(=O)(O)OC[C@@H](O)COP(=O)(O)OC[C@@H](COC(=O)CCCCCCCCC(C)C)OC(=O)CCCCCCCCCCCC. The van der Waals surface area contributed by atoms with Crippen LogP contribution in [0.25, 0.3) is 0 Å². The molecule has 17 nitrogen and oxygen atoms in total. The fourth-order valence-corrected chi connectivity index (χ4v) is 10.9. The number of esters is 4. The molecule has 0 amide bonds. The minimum atomic E-state index is -4.94. The molecule has 0 rings (SSSR count). The lowest BCUT2D eigenvalue weighted by Gasteiger charge is -2.21. The van der Waals surface area contributed by atoms with Gasteiger partial charge in [0, 0.05) is 25.7 Å². The van der Waals surface area contributed by atoms with Gasteiger partial charge >= 0.3 is 39.5 Å². The van der Waals surface area contributed by atoms with Gasteiger partial charge in [0.1, 0.15) is 19.3 Å². The molecule has 0 aromatic rings. The van der Waals surface area contributed by atoms with Gasteiger partial charge < -0.3 is 33.8 Å². The summed E-state index contributed by atoms with van der Waals surface area (Å²) in [5.74, 6) is -0.726. The Hall–Kier alpha value is -1.94. The van der Waals surface area contributed by atoms with Crippen LogP contribution in [0.5, 0.6) is 0 Å². The van der Waals surface area contributed by atoms with Gasteiger partial charge in [0.25, 0.3) is 0 Å². The normalized spacial score (nSPS) is 14.7. The lowest BCUT2D eigenvalue weighted by atomic mass is 10.00. The first-order valence-electron chi connectivity index (χ1n) is 33.0. The number of aliphatic hydroxyl groups excluding tert-OH is 1. The maximum atomic E-state index is 13.0. The summed E-state index contributed by atoms with van der Waals surface area (Å²) < 4.78 is 67.9. The topological polar surface area (TPSA) is 237 Å². The van der Waals surface area contributed by atoms with Gasteiger partial charge in [-0.05, 0) is 37.5 Å². The number of ether oxygens (including phenoxy) is 4. The van der Waals surface area contributed by atoms with Gasteiger partial charge in [-0.15, -0.1) is 0 Å². The second-order valence-corrected chi connectivity index (χ2v) is 26.4. The third-order valence-corrected chi connectivity index (χ3v) is 16.7. The van der Waals surface area contributed by atoms with Gasteiger partial charge in [0.05, 0.1) is 26.4 Å². The molecule has 0 saturated carbocycles. The number of carbonyl (C=O) groups excluding carboxylic acids is 4. The largest absolute Gasteiger partial charge is 0.472 e. The highest BCUT2D eigenvalue weighted by Gasteiger charge is 2.30. The first-order chi connectivity index (χ1) is 39.4. The van der Waals surface area contributed by atoms with Crippen molar-refractivity contribution in [2.24, 2.45) is 11.8 Å². The minimum Gasteiger partial charge on any atom is -0.462 e. The Balaban J connectivity index is 5.24. The van der Waals surface area contributed by atoms with Crippen molar-refractivity contribution in [1.82, 2.24) is 0 Å². The monoisotopic (exact) mass is 1210 g/mol. The average molecular weight is 1210 g/mol. The van der Waals surface area contributed by atoms with E-state index in [1.807, 2.05) is 0 Å². The van der Waals surface area contributed by atoms with Crippen LogP contribution >= 0.6 is 15.6 Å². The molecule has 0 aliphatic carbocycles. The van der Waals surface area contributed by atoms with Crippen LogP contribution < -0.4 is 0 Å². The molecule has 0 aliphatic rings. The Morgan fingerprint density at radius 2 is 0.622 bits per heavy atom. The van der Waals surface area contributed by atoms with Crippen molar-refractivity contribution in [1.29, 1.82) is 0 Å². The predicted molar refractivity (Wildman–Crippen MR) is 326 cm³/mol. The Kier molecular flexibility index (Phi) is 54.3. The van der Waals surface area contributed by atoms with Gasteiger partial charge in [0.15, 0.2) is 12.2 Å². The molecule has 0 spiro atoms. The zero-order valence-corrected chi connectivity index (χ0v) is 54.6. The highest BCUT2D eigenvalue weighted by molar-refractivity contribution is 7.47. The Bertz CT molecular complexity index is 1620. The summed E-state index contributed by atoms with van der Waals surface area (Å²) in [4.78, 5) is 72.1. The summed E-state index contributed by atoms with van der Waals surface area (Å²) in [6, 6.07) is 0. The first kappa shape index (κ1) is 80.1. The number of hydrogen-bond donors (Lipinski definition) is 3. The molecule has 0 radical (unpaired) electrons. The van der Waals surface area contributed by atoms with Gasteiger partial charge in [0.2, 0.25) is 0 Å². The highest BCUT2D eigenvalue weighted by Crippen LogP contribution is 2.45. The van der Waals surface area contributed by atoms with Crippen molar-refractivity contribution < 1.29 is 80.2 Å². The molecular formula is C63H122O17P2. The summed E-state index contributed by atoms with van der Waals surface area (Å²) in [5, 5.41) is 10.5. The van der Waals surface area contributed by atoms with E-state index in [2.05, 4.69) is 41.5 Å². The molecule has 0 aromatic heterocycles. The summed E-state index contributed by atoms with van der Waals surface area (Å²) in [5.41, 5.74) is 0. The van der Waals surface area contributed by atoms with Crippen LogP contribution in [0, 0.1) is 11.8 Å². The van der Waals surface area contributed by atoms with Gasteiger partial charge in [-0.3, -0.25) is 37.3 Å². The zero-order chi connectivity index (χ0) is 60.8. The van der Waals surface area contributed by atoms with Crippen molar-refractivity contribution in [2.75, 3.05) is 39.6 Å². The molecule has 0 aromatic carbocycles. The van der Waals surface area contributed by atoms with Crippen molar-refractivity contribution >= 4 is 39.5 Å². The molecule has 3 unspecified atom stereocenters. The van der Waals surface area contributed by atoms with E-state index in [-0.39, 0.29) is 25.7 Å². The lowest BCUT2D eigenvalue weighted by Crippen LogP contribution is -2.30. The van der Waals surface area contributed by atoms with Crippen molar-refractivity contribution in [3.05, 3.63) is 0 Å². The molecule has 0 aliphatic heterocycles.